The number of fused-ring (bicyclic) bond motifs is 4. The van der Waals surface area contributed by atoms with Crippen LogP contribution in [-0.2, 0) is 32.2 Å². The van der Waals surface area contributed by atoms with Gasteiger partial charge in [-0.3, -0.25) is 9.59 Å². The fourth-order valence-corrected chi connectivity index (χ4v) is 8.61. The highest BCUT2D eigenvalue weighted by atomic mass is 32.1. The molecule has 0 spiro atoms. The summed E-state index contributed by atoms with van der Waals surface area (Å²) in [6.45, 7) is 7.38. The van der Waals surface area contributed by atoms with E-state index in [0.717, 1.165) is 66.4 Å². The summed E-state index contributed by atoms with van der Waals surface area (Å²) in [5.74, 6) is 0.869. The Balaban J connectivity index is 1.09. The number of aromatic nitrogens is 4. The molecule has 15 heteroatoms. The minimum absolute atomic E-state index is 0.181. The quantitative estimate of drug-likeness (QED) is 0.0748. The molecule has 316 valence electrons. The number of aromatic amines is 2. The van der Waals surface area contributed by atoms with Crippen molar-refractivity contribution in [2.45, 2.75) is 65.2 Å². The number of methoxy groups -OCH3 is 2. The van der Waals surface area contributed by atoms with Crippen LogP contribution in [0.1, 0.15) is 63.3 Å². The molecule has 0 bridgehead atoms. The van der Waals surface area contributed by atoms with Crippen LogP contribution in [0.15, 0.2) is 91.1 Å². The zero-order valence-electron chi connectivity index (χ0n) is 34.9. The van der Waals surface area contributed by atoms with E-state index in [0.29, 0.717) is 36.7 Å². The monoisotopic (exact) mass is 842 g/mol. The summed E-state index contributed by atoms with van der Waals surface area (Å²) in [6.07, 6.45) is 2.39. The summed E-state index contributed by atoms with van der Waals surface area (Å²) in [5.41, 5.74) is 5.28. The number of benzene rings is 4. The Kier molecular flexibility index (Phi) is 13.3. The van der Waals surface area contributed by atoms with Crippen molar-refractivity contribution in [3.05, 3.63) is 108 Å². The predicted octanol–water partition coefficient (Wildman–Crippen LogP) is 8.70. The minimum atomic E-state index is -0.910. The second-order valence-electron chi connectivity index (χ2n) is 14.8. The Hall–Kier alpha value is -6.74. The third-order valence-corrected chi connectivity index (χ3v) is 11.7. The summed E-state index contributed by atoms with van der Waals surface area (Å²) in [5, 5.41) is 8.54. The van der Waals surface area contributed by atoms with Crippen molar-refractivity contribution in [1.29, 1.82) is 0 Å². The number of ether oxygens (including phenoxy) is 2. The first-order chi connectivity index (χ1) is 29.6. The smallest absolute Gasteiger partial charge is 0.407 e. The Morgan fingerprint density at radius 2 is 1.43 bits per heavy atom. The van der Waals surface area contributed by atoms with E-state index < -0.39 is 24.3 Å². The lowest BCUT2D eigenvalue weighted by atomic mass is 10.0. The van der Waals surface area contributed by atoms with Crippen LogP contribution in [0.3, 0.4) is 0 Å². The molecule has 4 N–H and O–H groups in total. The van der Waals surface area contributed by atoms with Gasteiger partial charge >= 0.3 is 12.2 Å². The molecule has 7 aromatic rings. The molecule has 0 aliphatic rings. The van der Waals surface area contributed by atoms with Gasteiger partial charge in [0, 0.05) is 33.6 Å². The van der Waals surface area contributed by atoms with Gasteiger partial charge in [-0.25, -0.2) is 19.6 Å². The first-order valence-electron chi connectivity index (χ1n) is 20.4. The number of alkyl carbamates (subject to hydrolysis) is 2. The molecular formula is C46H50N8O6S. The molecule has 4 aromatic carbocycles. The van der Waals surface area contributed by atoms with Gasteiger partial charge in [-0.1, -0.05) is 81.4 Å². The number of H-pyrrole nitrogens is 2. The first-order valence-corrected chi connectivity index (χ1v) is 21.3. The van der Waals surface area contributed by atoms with Gasteiger partial charge in [0.1, 0.15) is 23.7 Å². The third kappa shape index (κ3) is 9.52. The Labute approximate surface area is 357 Å². The lowest BCUT2D eigenvalue weighted by molar-refractivity contribution is -0.135. The fourth-order valence-electron chi connectivity index (χ4n) is 7.51. The molecule has 0 aliphatic carbocycles. The normalized spacial score (nSPS) is 12.3. The van der Waals surface area contributed by atoms with E-state index in [9.17, 15) is 19.2 Å². The van der Waals surface area contributed by atoms with Crippen molar-refractivity contribution in [3.8, 4) is 21.7 Å². The summed E-state index contributed by atoms with van der Waals surface area (Å²) < 4.78 is 10.7. The molecule has 2 unspecified atom stereocenters. The molecule has 0 radical (unpaired) electrons. The molecule has 14 nitrogen and oxygen atoms in total. The highest BCUT2D eigenvalue weighted by molar-refractivity contribution is 7.22. The zero-order valence-corrected chi connectivity index (χ0v) is 35.7. The number of hydrogen-bond acceptors (Lipinski definition) is 9. The van der Waals surface area contributed by atoms with Gasteiger partial charge in [-0.2, -0.15) is 0 Å². The van der Waals surface area contributed by atoms with Gasteiger partial charge in [-0.05, 0) is 65.4 Å². The lowest BCUT2D eigenvalue weighted by Crippen LogP contribution is -2.48. The molecule has 4 amide bonds. The lowest BCUT2D eigenvalue weighted by Gasteiger charge is -2.27. The van der Waals surface area contributed by atoms with E-state index in [4.69, 9.17) is 14.5 Å². The van der Waals surface area contributed by atoms with Crippen LogP contribution < -0.4 is 10.6 Å². The van der Waals surface area contributed by atoms with Gasteiger partial charge in [-0.15, -0.1) is 11.3 Å². The van der Waals surface area contributed by atoms with Crippen molar-refractivity contribution < 1.29 is 28.7 Å². The van der Waals surface area contributed by atoms with Crippen molar-refractivity contribution in [1.82, 2.24) is 40.4 Å². The molecule has 3 aromatic heterocycles. The molecule has 0 aliphatic heterocycles. The number of rotatable bonds is 16. The van der Waals surface area contributed by atoms with Gasteiger partial charge in [0.2, 0.25) is 11.8 Å². The largest absolute Gasteiger partial charge is 0.453 e. The zero-order chi connectivity index (χ0) is 43.0. The molecule has 7 rings (SSSR count). The number of nitrogens with one attached hydrogen (secondary N) is 4. The summed E-state index contributed by atoms with van der Waals surface area (Å²) in [4.78, 5) is 72.4. The second kappa shape index (κ2) is 19.1. The molecule has 2 atom stereocenters. The van der Waals surface area contributed by atoms with Crippen LogP contribution >= 0.6 is 11.3 Å². The van der Waals surface area contributed by atoms with Crippen LogP contribution in [-0.4, -0.2) is 87.1 Å². The Bertz CT molecular complexity index is 2670. The minimum Gasteiger partial charge on any atom is -0.453 e. The number of amides is 4. The Morgan fingerprint density at radius 3 is 2.15 bits per heavy atom. The van der Waals surface area contributed by atoms with E-state index in [1.165, 1.54) is 14.2 Å². The predicted molar refractivity (Wildman–Crippen MR) is 238 cm³/mol. The van der Waals surface area contributed by atoms with Gasteiger partial charge in [0.05, 0.1) is 50.2 Å². The summed E-state index contributed by atoms with van der Waals surface area (Å²) in [7, 11) is 2.56. The van der Waals surface area contributed by atoms with E-state index in [1.54, 1.807) is 27.3 Å². The van der Waals surface area contributed by atoms with Gasteiger partial charge in [0.25, 0.3) is 0 Å². The van der Waals surface area contributed by atoms with Crippen molar-refractivity contribution in [2.75, 3.05) is 27.3 Å². The summed E-state index contributed by atoms with van der Waals surface area (Å²) >= 11 is 1.71. The number of carbonyl (C=O) groups is 4. The van der Waals surface area contributed by atoms with Crippen LogP contribution in [0.2, 0.25) is 0 Å². The molecular weight excluding hydrogens is 793 g/mol. The standard InChI is InChI=1S/C46H50N8O6S/c1-6-20-53(43(55)34(8-3)50-45(57)59-4)26-39-47-25-36(49-39)30-14-15-32-24-38(61-37(32)23-30)31-16-18-33-29(22-31)17-19-35-42(33)51-40(48-35)27-54(21-7-2)44(56)41(52-46(58)60-5)28-12-10-9-11-13-28/h9-19,22-25,34,41H,6-8,20-21,26-27H2,1-5H3,(H,47,49)(H,48,51)(H,50,57)(H,52,58). The maximum Gasteiger partial charge on any atom is 0.407 e. The fraction of sp³-hybridized carbons (Fsp3) is 0.304. The van der Waals surface area contributed by atoms with Gasteiger partial charge < -0.3 is 39.9 Å². The van der Waals surface area contributed by atoms with Crippen molar-refractivity contribution >= 4 is 67.2 Å². The molecule has 61 heavy (non-hydrogen) atoms. The average molecular weight is 843 g/mol. The second-order valence-corrected chi connectivity index (χ2v) is 15.9. The first kappa shape index (κ1) is 42.4. The highest BCUT2D eigenvalue weighted by Crippen LogP contribution is 2.37. The number of nitrogens with zero attached hydrogens (tertiary/aromatic N) is 4. The maximum absolute atomic E-state index is 14.0. The maximum atomic E-state index is 14.0. The van der Waals surface area contributed by atoms with Crippen LogP contribution in [0.5, 0.6) is 0 Å². The third-order valence-electron chi connectivity index (χ3n) is 10.6. The molecule has 0 saturated heterocycles. The number of thiophene rings is 1. The average Bonchev–Trinajstić information content (AvgIpc) is 4.05. The summed E-state index contributed by atoms with van der Waals surface area (Å²) in [6, 6.07) is 26.6. The molecule has 0 saturated carbocycles. The number of imidazole rings is 2. The van der Waals surface area contributed by atoms with Crippen molar-refractivity contribution in [3.63, 3.8) is 0 Å². The number of hydrogen-bond donors (Lipinski definition) is 4. The molecule has 0 fully saturated rings. The highest BCUT2D eigenvalue weighted by Gasteiger charge is 2.29. The Morgan fingerprint density at radius 1 is 0.738 bits per heavy atom. The van der Waals surface area contributed by atoms with Crippen molar-refractivity contribution in [2.24, 2.45) is 0 Å². The molecule has 3 heterocycles. The van der Waals surface area contributed by atoms with Gasteiger partial charge in [0.15, 0.2) is 0 Å². The van der Waals surface area contributed by atoms with Crippen LogP contribution in [0, 0.1) is 0 Å². The topological polar surface area (TPSA) is 175 Å². The van der Waals surface area contributed by atoms with E-state index >= 15 is 0 Å². The van der Waals surface area contributed by atoms with E-state index in [2.05, 4.69) is 74.1 Å². The van der Waals surface area contributed by atoms with Crippen LogP contribution in [0.25, 0.3) is 53.6 Å². The van der Waals surface area contributed by atoms with E-state index in [-0.39, 0.29) is 24.9 Å². The number of carbonyl (C=O) groups excluding carboxylic acids is 4. The van der Waals surface area contributed by atoms with Crippen LogP contribution in [0.4, 0.5) is 9.59 Å². The SMILES string of the molecule is CCCN(Cc1ncc(-c2ccc3cc(-c4ccc5c(ccc6nc(CN(CCC)C(=O)C(NC(=O)OC)c7ccccc7)[nH]c65)c4)sc3c2)[nH]1)C(=O)C(CC)NC(=O)OC. The van der Waals surface area contributed by atoms with E-state index in [1.807, 2.05) is 57.2 Å².